The van der Waals surface area contributed by atoms with Gasteiger partial charge in [-0.1, -0.05) is 102 Å². The Kier molecular flexibility index (Phi) is 5.33. The molecule has 0 amide bonds. The Morgan fingerprint density at radius 3 is 1.79 bits per heavy atom. The summed E-state index contributed by atoms with van der Waals surface area (Å²) in [6, 6.07) is 26.0. The standard InChI is InChI=1S/C30H31O2P/c1-29(2)18-22(31)19-30(3,4)33(29)26-17-15-21-11-7-9-13-24(21)28(26)27-23-12-8-6-10-20(23)14-16-25(27)32-5/h6-17H,18-19H2,1-5H3. The Morgan fingerprint density at radius 2 is 1.21 bits per heavy atom. The first-order valence-corrected chi connectivity index (χ1v) is 13.0. The number of ether oxygens (including phenoxy) is 1. The Morgan fingerprint density at radius 1 is 0.697 bits per heavy atom. The molecule has 1 fully saturated rings. The summed E-state index contributed by atoms with van der Waals surface area (Å²) in [5.41, 5.74) is 2.43. The second-order valence-corrected chi connectivity index (χ2v) is 14.0. The van der Waals surface area contributed by atoms with E-state index in [0.717, 1.165) is 11.3 Å². The molecule has 5 rings (SSSR count). The monoisotopic (exact) mass is 454 g/mol. The van der Waals surface area contributed by atoms with E-state index >= 15 is 0 Å². The molecule has 1 heterocycles. The molecular formula is C30H31O2P. The Bertz CT molecular complexity index is 1360. The van der Waals surface area contributed by atoms with E-state index in [9.17, 15) is 4.79 Å². The third kappa shape index (κ3) is 3.65. The van der Waals surface area contributed by atoms with E-state index in [-0.39, 0.29) is 10.3 Å². The zero-order chi connectivity index (χ0) is 23.4. The average molecular weight is 455 g/mol. The lowest BCUT2D eigenvalue weighted by atomic mass is 9.93. The lowest BCUT2D eigenvalue weighted by Gasteiger charge is -2.50. The maximum Gasteiger partial charge on any atom is 0.134 e. The molecule has 1 aliphatic heterocycles. The van der Waals surface area contributed by atoms with Crippen molar-refractivity contribution in [3.8, 4) is 16.9 Å². The van der Waals surface area contributed by atoms with Gasteiger partial charge in [-0.3, -0.25) is 4.79 Å². The fourth-order valence-electron chi connectivity index (χ4n) is 6.05. The van der Waals surface area contributed by atoms with Crippen molar-refractivity contribution in [3.05, 3.63) is 72.8 Å². The van der Waals surface area contributed by atoms with Crippen molar-refractivity contribution in [1.29, 1.82) is 0 Å². The average Bonchev–Trinajstić information content (AvgIpc) is 2.76. The van der Waals surface area contributed by atoms with Gasteiger partial charge in [0.05, 0.1) is 7.11 Å². The molecule has 33 heavy (non-hydrogen) atoms. The molecule has 0 radical (unpaired) electrons. The topological polar surface area (TPSA) is 26.3 Å². The molecule has 4 aromatic rings. The molecule has 3 heteroatoms. The fraction of sp³-hybridized carbons (Fsp3) is 0.300. The van der Waals surface area contributed by atoms with Crippen LogP contribution in [-0.2, 0) is 4.79 Å². The molecule has 168 valence electrons. The summed E-state index contributed by atoms with van der Waals surface area (Å²) >= 11 is 0. The van der Waals surface area contributed by atoms with Crippen LogP contribution in [0.4, 0.5) is 0 Å². The number of hydrogen-bond donors (Lipinski definition) is 0. The van der Waals surface area contributed by atoms with Crippen LogP contribution in [0.5, 0.6) is 5.75 Å². The number of carbonyl (C=O) groups is 1. The van der Waals surface area contributed by atoms with Crippen molar-refractivity contribution < 1.29 is 9.53 Å². The summed E-state index contributed by atoms with van der Waals surface area (Å²) in [7, 11) is 1.11. The SMILES string of the molecule is COc1ccc2ccccc2c1-c1c(P2C(C)(C)CC(=O)CC2(C)C)ccc2ccccc12. The summed E-state index contributed by atoms with van der Waals surface area (Å²) in [5.74, 6) is 1.28. The van der Waals surface area contributed by atoms with Gasteiger partial charge in [-0.25, -0.2) is 0 Å². The molecule has 0 atom stereocenters. The van der Waals surface area contributed by atoms with E-state index < -0.39 is 7.92 Å². The highest BCUT2D eigenvalue weighted by Gasteiger charge is 2.48. The van der Waals surface area contributed by atoms with Crippen LogP contribution in [0.3, 0.4) is 0 Å². The van der Waals surface area contributed by atoms with Crippen molar-refractivity contribution in [2.45, 2.75) is 50.8 Å². The Balaban J connectivity index is 1.93. The van der Waals surface area contributed by atoms with Gasteiger partial charge in [0.1, 0.15) is 11.5 Å². The zero-order valence-corrected chi connectivity index (χ0v) is 21.0. The quantitative estimate of drug-likeness (QED) is 0.297. The molecule has 4 aromatic carbocycles. The molecule has 2 nitrogen and oxygen atoms in total. The molecule has 0 spiro atoms. The predicted octanol–water partition coefficient (Wildman–Crippen LogP) is 7.70. The minimum atomic E-state index is -0.647. The number of fused-ring (bicyclic) bond motifs is 2. The minimum absolute atomic E-state index is 0.0802. The number of hydrogen-bond acceptors (Lipinski definition) is 2. The number of Topliss-reactive ketones (excluding diaryl/α,β-unsaturated/α-hetero) is 1. The van der Waals surface area contributed by atoms with Gasteiger partial charge in [-0.15, -0.1) is 0 Å². The maximum atomic E-state index is 12.7. The summed E-state index contributed by atoms with van der Waals surface area (Å²) in [5, 5.41) is 6.10. The largest absolute Gasteiger partial charge is 0.496 e. The van der Waals surface area contributed by atoms with E-state index in [1.165, 1.54) is 32.4 Å². The van der Waals surface area contributed by atoms with Crippen LogP contribution in [0, 0.1) is 0 Å². The summed E-state index contributed by atoms with van der Waals surface area (Å²) in [6.45, 7) is 9.15. The summed E-state index contributed by atoms with van der Waals surface area (Å²) < 4.78 is 5.97. The highest BCUT2D eigenvalue weighted by molar-refractivity contribution is 7.69. The van der Waals surface area contributed by atoms with Crippen molar-refractivity contribution in [1.82, 2.24) is 0 Å². The highest BCUT2D eigenvalue weighted by Crippen LogP contribution is 2.65. The Hall–Kier alpha value is -2.70. The van der Waals surface area contributed by atoms with Crippen molar-refractivity contribution in [2.24, 2.45) is 0 Å². The smallest absolute Gasteiger partial charge is 0.134 e. The fourth-order valence-corrected chi connectivity index (χ4v) is 10.3. The Labute approximate surface area is 197 Å². The molecule has 0 saturated carbocycles. The first-order chi connectivity index (χ1) is 15.7. The van der Waals surface area contributed by atoms with Gasteiger partial charge in [-0.05, 0) is 43.2 Å². The van der Waals surface area contributed by atoms with Crippen LogP contribution in [0.2, 0.25) is 0 Å². The third-order valence-corrected chi connectivity index (χ3v) is 10.6. The minimum Gasteiger partial charge on any atom is -0.496 e. The molecule has 0 N–H and O–H groups in total. The van der Waals surface area contributed by atoms with Crippen molar-refractivity contribution in [3.63, 3.8) is 0 Å². The van der Waals surface area contributed by atoms with Gasteiger partial charge in [0.25, 0.3) is 0 Å². The number of methoxy groups -OCH3 is 1. The van der Waals surface area contributed by atoms with Crippen LogP contribution < -0.4 is 10.0 Å². The molecule has 0 bridgehead atoms. The predicted molar refractivity (Wildman–Crippen MR) is 142 cm³/mol. The number of carbonyl (C=O) groups excluding carboxylic acids is 1. The molecule has 0 aliphatic carbocycles. The number of rotatable bonds is 3. The second kappa shape index (κ2) is 7.96. The van der Waals surface area contributed by atoms with Gasteiger partial charge in [-0.2, -0.15) is 0 Å². The van der Waals surface area contributed by atoms with Crippen molar-refractivity contribution >= 4 is 40.6 Å². The zero-order valence-electron chi connectivity index (χ0n) is 20.1. The normalized spacial score (nSPS) is 18.0. The molecule has 0 unspecified atom stereocenters. The van der Waals surface area contributed by atoms with Crippen molar-refractivity contribution in [2.75, 3.05) is 7.11 Å². The number of benzene rings is 4. The van der Waals surface area contributed by atoms with Gasteiger partial charge in [0, 0.05) is 24.0 Å². The first-order valence-electron chi connectivity index (χ1n) is 11.6. The maximum absolute atomic E-state index is 12.7. The van der Waals surface area contributed by atoms with E-state index in [2.05, 4.69) is 100 Å². The van der Waals surface area contributed by atoms with E-state index in [4.69, 9.17) is 4.74 Å². The van der Waals surface area contributed by atoms with Crippen LogP contribution in [0.25, 0.3) is 32.7 Å². The number of ketones is 1. The molecule has 1 saturated heterocycles. The highest BCUT2D eigenvalue weighted by atomic mass is 31.1. The van der Waals surface area contributed by atoms with Gasteiger partial charge in [0.2, 0.25) is 0 Å². The second-order valence-electron chi connectivity index (χ2n) is 10.4. The van der Waals surface area contributed by atoms with Gasteiger partial charge < -0.3 is 4.74 Å². The lowest BCUT2D eigenvalue weighted by molar-refractivity contribution is -0.120. The third-order valence-electron chi connectivity index (χ3n) is 6.98. The van der Waals surface area contributed by atoms with Crippen LogP contribution in [0.1, 0.15) is 40.5 Å². The molecule has 0 aromatic heterocycles. The molecule has 1 aliphatic rings. The van der Waals surface area contributed by atoms with E-state index in [0.29, 0.717) is 18.6 Å². The van der Waals surface area contributed by atoms with Crippen LogP contribution >= 0.6 is 7.92 Å². The first kappa shape index (κ1) is 22.1. The van der Waals surface area contributed by atoms with Gasteiger partial charge in [0.15, 0.2) is 0 Å². The molecular weight excluding hydrogens is 423 g/mol. The van der Waals surface area contributed by atoms with Crippen LogP contribution in [0.15, 0.2) is 72.8 Å². The lowest BCUT2D eigenvalue weighted by Crippen LogP contribution is -2.43. The summed E-state index contributed by atoms with van der Waals surface area (Å²) in [6.07, 6.45) is 1.28. The van der Waals surface area contributed by atoms with E-state index in [1.54, 1.807) is 7.11 Å². The van der Waals surface area contributed by atoms with Crippen LogP contribution in [-0.4, -0.2) is 23.2 Å². The van der Waals surface area contributed by atoms with Gasteiger partial charge >= 0.3 is 0 Å². The summed E-state index contributed by atoms with van der Waals surface area (Å²) in [4.78, 5) is 12.7. The van der Waals surface area contributed by atoms with E-state index in [1.807, 2.05) is 0 Å².